The Bertz CT molecular complexity index is 359. The molecule has 0 aromatic heterocycles. The predicted molar refractivity (Wildman–Crippen MR) is 100 cm³/mol. The molecule has 1 heteroatoms. The molecule has 0 unspecified atom stereocenters. The summed E-state index contributed by atoms with van der Waals surface area (Å²) in [6, 6.07) is 8.33. The van der Waals surface area contributed by atoms with Crippen LogP contribution in [0.5, 0.6) is 0 Å². The minimum atomic E-state index is 0.896. The van der Waals surface area contributed by atoms with E-state index < -0.39 is 0 Å². The lowest BCUT2D eigenvalue weighted by atomic mass is 10.0. The first kappa shape index (κ1) is 19.1. The van der Waals surface area contributed by atoms with Gasteiger partial charge in [-0.05, 0) is 30.5 Å². The van der Waals surface area contributed by atoms with E-state index in [-0.39, 0.29) is 0 Å². The molecule has 0 spiro atoms. The largest absolute Gasteiger partial charge is 0.399 e. The first-order valence-corrected chi connectivity index (χ1v) is 9.67. The van der Waals surface area contributed by atoms with Crippen LogP contribution in [0.25, 0.3) is 0 Å². The van der Waals surface area contributed by atoms with Crippen molar-refractivity contribution >= 4 is 5.69 Å². The molecular formula is C21H37N. The molecule has 1 rings (SSSR count). The molecule has 1 aromatic rings. The number of rotatable bonds is 14. The fourth-order valence-electron chi connectivity index (χ4n) is 3.10. The van der Waals surface area contributed by atoms with Gasteiger partial charge in [0.05, 0.1) is 0 Å². The van der Waals surface area contributed by atoms with Gasteiger partial charge in [0.25, 0.3) is 0 Å². The summed E-state index contributed by atoms with van der Waals surface area (Å²) in [7, 11) is 0. The second-order valence-electron chi connectivity index (χ2n) is 6.74. The highest BCUT2D eigenvalue weighted by Gasteiger charge is 1.96. The van der Waals surface area contributed by atoms with E-state index in [2.05, 4.69) is 25.1 Å². The molecule has 0 aliphatic heterocycles. The lowest BCUT2D eigenvalue weighted by molar-refractivity contribution is 0.539. The molecule has 1 nitrogen and oxygen atoms in total. The monoisotopic (exact) mass is 303 g/mol. The van der Waals surface area contributed by atoms with Gasteiger partial charge in [-0.3, -0.25) is 0 Å². The van der Waals surface area contributed by atoms with E-state index >= 15 is 0 Å². The summed E-state index contributed by atoms with van der Waals surface area (Å²) < 4.78 is 0. The van der Waals surface area contributed by atoms with Crippen molar-refractivity contribution in [2.24, 2.45) is 0 Å². The minimum Gasteiger partial charge on any atom is -0.399 e. The van der Waals surface area contributed by atoms with Crippen LogP contribution in [0, 0.1) is 0 Å². The fraction of sp³-hybridized carbons (Fsp3) is 0.714. The van der Waals surface area contributed by atoms with Crippen LogP contribution in [0.1, 0.15) is 96.0 Å². The number of nitrogens with two attached hydrogens (primary N) is 1. The summed E-state index contributed by atoms with van der Waals surface area (Å²) in [5.74, 6) is 0. The first-order chi connectivity index (χ1) is 10.8. The Morgan fingerprint density at radius 3 is 1.68 bits per heavy atom. The Labute approximate surface area is 138 Å². The Hall–Kier alpha value is -0.980. The summed E-state index contributed by atoms with van der Waals surface area (Å²) in [6.45, 7) is 2.29. The van der Waals surface area contributed by atoms with Crippen LogP contribution in [0.3, 0.4) is 0 Å². The minimum absolute atomic E-state index is 0.896. The summed E-state index contributed by atoms with van der Waals surface area (Å²) in [5.41, 5.74) is 8.09. The maximum absolute atomic E-state index is 5.80. The third-order valence-electron chi connectivity index (χ3n) is 4.52. The van der Waals surface area contributed by atoms with E-state index in [1.807, 2.05) is 6.07 Å². The maximum Gasteiger partial charge on any atom is 0.0316 e. The Morgan fingerprint density at radius 2 is 1.18 bits per heavy atom. The normalized spacial score (nSPS) is 11.0. The van der Waals surface area contributed by atoms with Crippen LogP contribution in [-0.4, -0.2) is 0 Å². The van der Waals surface area contributed by atoms with Crippen LogP contribution in [0.15, 0.2) is 24.3 Å². The zero-order chi connectivity index (χ0) is 15.9. The van der Waals surface area contributed by atoms with Gasteiger partial charge < -0.3 is 5.73 Å². The molecule has 0 fully saturated rings. The van der Waals surface area contributed by atoms with E-state index in [0.717, 1.165) is 5.69 Å². The molecule has 0 saturated heterocycles. The molecule has 0 radical (unpaired) electrons. The molecule has 1 aromatic carbocycles. The molecule has 0 bridgehead atoms. The number of aryl methyl sites for hydroxylation is 1. The van der Waals surface area contributed by atoms with Crippen LogP contribution < -0.4 is 5.73 Å². The van der Waals surface area contributed by atoms with Crippen molar-refractivity contribution in [3.63, 3.8) is 0 Å². The third kappa shape index (κ3) is 10.7. The zero-order valence-electron chi connectivity index (χ0n) is 14.8. The Morgan fingerprint density at radius 1 is 0.682 bits per heavy atom. The van der Waals surface area contributed by atoms with Crippen molar-refractivity contribution in [1.29, 1.82) is 0 Å². The molecule has 2 N–H and O–H groups in total. The van der Waals surface area contributed by atoms with E-state index in [9.17, 15) is 0 Å². The number of unbranched alkanes of at least 4 members (excludes halogenated alkanes) is 12. The van der Waals surface area contributed by atoms with Gasteiger partial charge in [0, 0.05) is 5.69 Å². The molecule has 0 heterocycles. The van der Waals surface area contributed by atoms with Crippen LogP contribution >= 0.6 is 0 Å². The van der Waals surface area contributed by atoms with Crippen molar-refractivity contribution in [2.75, 3.05) is 5.73 Å². The first-order valence-electron chi connectivity index (χ1n) is 9.67. The molecule has 22 heavy (non-hydrogen) atoms. The molecule has 0 atom stereocenters. The number of benzene rings is 1. The molecule has 0 amide bonds. The zero-order valence-corrected chi connectivity index (χ0v) is 14.8. The third-order valence-corrected chi connectivity index (χ3v) is 4.52. The average molecular weight is 304 g/mol. The van der Waals surface area contributed by atoms with Crippen LogP contribution in [0.4, 0.5) is 5.69 Å². The molecule has 0 saturated carbocycles. The Kier molecular flexibility index (Phi) is 11.8. The van der Waals surface area contributed by atoms with Gasteiger partial charge in [0.2, 0.25) is 0 Å². The lowest BCUT2D eigenvalue weighted by Gasteiger charge is -2.04. The van der Waals surface area contributed by atoms with Gasteiger partial charge >= 0.3 is 0 Å². The van der Waals surface area contributed by atoms with Crippen molar-refractivity contribution in [3.8, 4) is 0 Å². The molecule has 0 aliphatic carbocycles. The van der Waals surface area contributed by atoms with E-state index in [1.54, 1.807) is 0 Å². The van der Waals surface area contributed by atoms with E-state index in [1.165, 1.54) is 95.5 Å². The van der Waals surface area contributed by atoms with Gasteiger partial charge in [-0.15, -0.1) is 0 Å². The van der Waals surface area contributed by atoms with Crippen LogP contribution in [0.2, 0.25) is 0 Å². The van der Waals surface area contributed by atoms with Gasteiger partial charge in [0.1, 0.15) is 0 Å². The summed E-state index contributed by atoms with van der Waals surface area (Å²) >= 11 is 0. The standard InChI is InChI=1S/C21H37N/c1-2-3-4-5-6-7-8-9-10-11-12-13-14-16-20-17-15-18-21(22)19-20/h15,17-19H,2-14,16,22H2,1H3. The van der Waals surface area contributed by atoms with Gasteiger partial charge in [-0.2, -0.15) is 0 Å². The summed E-state index contributed by atoms with van der Waals surface area (Å²) in [4.78, 5) is 0. The number of hydrogen-bond donors (Lipinski definition) is 1. The quantitative estimate of drug-likeness (QED) is 0.293. The van der Waals surface area contributed by atoms with Gasteiger partial charge in [-0.25, -0.2) is 0 Å². The maximum atomic E-state index is 5.80. The van der Waals surface area contributed by atoms with E-state index in [0.29, 0.717) is 0 Å². The SMILES string of the molecule is CCCCCCCCCCCCCCCc1cccc(N)c1. The fourth-order valence-corrected chi connectivity index (χ4v) is 3.10. The smallest absolute Gasteiger partial charge is 0.0316 e. The second kappa shape index (κ2) is 13.7. The highest BCUT2D eigenvalue weighted by Crippen LogP contribution is 2.14. The second-order valence-corrected chi connectivity index (χ2v) is 6.74. The summed E-state index contributed by atoms with van der Waals surface area (Å²) in [5, 5.41) is 0. The van der Waals surface area contributed by atoms with Gasteiger partial charge in [-0.1, -0.05) is 96.1 Å². The topological polar surface area (TPSA) is 26.0 Å². The van der Waals surface area contributed by atoms with E-state index in [4.69, 9.17) is 5.73 Å². The number of anilines is 1. The van der Waals surface area contributed by atoms with Crippen molar-refractivity contribution < 1.29 is 0 Å². The number of nitrogen functional groups attached to an aromatic ring is 1. The Balaban J connectivity index is 1.80. The molecular weight excluding hydrogens is 266 g/mol. The van der Waals surface area contributed by atoms with Crippen molar-refractivity contribution in [3.05, 3.63) is 29.8 Å². The average Bonchev–Trinajstić information content (AvgIpc) is 2.52. The highest BCUT2D eigenvalue weighted by atomic mass is 14.5. The van der Waals surface area contributed by atoms with Crippen molar-refractivity contribution in [2.45, 2.75) is 96.8 Å². The molecule has 126 valence electrons. The molecule has 0 aliphatic rings. The summed E-state index contributed by atoms with van der Waals surface area (Å²) in [6.07, 6.45) is 19.6. The van der Waals surface area contributed by atoms with Crippen LogP contribution in [-0.2, 0) is 6.42 Å². The highest BCUT2D eigenvalue weighted by molar-refractivity contribution is 5.40. The lowest BCUT2D eigenvalue weighted by Crippen LogP contribution is -1.89. The van der Waals surface area contributed by atoms with Crippen molar-refractivity contribution in [1.82, 2.24) is 0 Å². The number of hydrogen-bond acceptors (Lipinski definition) is 1. The predicted octanol–water partition coefficient (Wildman–Crippen LogP) is 6.90. The van der Waals surface area contributed by atoms with Gasteiger partial charge in [0.15, 0.2) is 0 Å².